The zero-order valence-corrected chi connectivity index (χ0v) is 11.3. The van der Waals surface area contributed by atoms with Crippen molar-refractivity contribution in [3.63, 3.8) is 0 Å². The summed E-state index contributed by atoms with van der Waals surface area (Å²) in [5, 5.41) is 11.9. The number of ether oxygens (including phenoxy) is 1. The summed E-state index contributed by atoms with van der Waals surface area (Å²) in [4.78, 5) is 15.7. The van der Waals surface area contributed by atoms with Crippen molar-refractivity contribution in [3.8, 4) is 5.75 Å². The fourth-order valence-corrected chi connectivity index (χ4v) is 1.44. The van der Waals surface area contributed by atoms with Crippen LogP contribution in [0.4, 0.5) is 0 Å². The van der Waals surface area contributed by atoms with E-state index in [1.165, 1.54) is 0 Å². The molecule has 18 heavy (non-hydrogen) atoms. The Morgan fingerprint density at radius 3 is 2.67 bits per heavy atom. The van der Waals surface area contributed by atoms with E-state index in [4.69, 9.17) is 9.84 Å². The molecule has 100 valence electrons. The van der Waals surface area contributed by atoms with E-state index in [1.807, 2.05) is 27.7 Å². The lowest BCUT2D eigenvalue weighted by molar-refractivity contribution is -0.124. The van der Waals surface area contributed by atoms with E-state index in [-0.39, 0.29) is 24.7 Å². The number of aromatic nitrogens is 1. The maximum Gasteiger partial charge on any atom is 0.258 e. The summed E-state index contributed by atoms with van der Waals surface area (Å²) >= 11 is 0. The average Bonchev–Trinajstić information content (AvgIpc) is 2.24. The fraction of sp³-hybridized carbons (Fsp3) is 0.538. The normalized spacial score (nSPS) is 11.2. The Bertz CT molecular complexity index is 425. The number of aliphatic hydroxyl groups excluding tert-OH is 1. The molecule has 1 aromatic heterocycles. The van der Waals surface area contributed by atoms with Crippen molar-refractivity contribution in [1.82, 2.24) is 10.3 Å². The largest absolute Gasteiger partial charge is 0.482 e. The van der Waals surface area contributed by atoms with Crippen molar-refractivity contribution in [2.75, 3.05) is 6.61 Å². The van der Waals surface area contributed by atoms with Crippen LogP contribution in [0.5, 0.6) is 5.75 Å². The topological polar surface area (TPSA) is 71.5 Å². The number of hydrogen-bond donors (Lipinski definition) is 2. The Morgan fingerprint density at radius 1 is 1.44 bits per heavy atom. The van der Waals surface area contributed by atoms with Crippen molar-refractivity contribution in [3.05, 3.63) is 23.5 Å². The molecule has 0 spiro atoms. The van der Waals surface area contributed by atoms with Gasteiger partial charge in [0.05, 0.1) is 6.61 Å². The standard InChI is InChI=1S/C13H20N2O3/c1-9-5-6-11(10(7-16)14-9)18-8-12(17)15-13(2,3)4/h5-6,16H,7-8H2,1-4H3,(H,15,17). The highest BCUT2D eigenvalue weighted by molar-refractivity contribution is 5.78. The van der Waals surface area contributed by atoms with Crippen LogP contribution in [0.25, 0.3) is 0 Å². The van der Waals surface area contributed by atoms with E-state index in [0.717, 1.165) is 5.69 Å². The van der Waals surface area contributed by atoms with Crippen LogP contribution in [0.2, 0.25) is 0 Å². The molecule has 1 rings (SSSR count). The number of aryl methyl sites for hydroxylation is 1. The third-order valence-electron chi connectivity index (χ3n) is 2.09. The summed E-state index contributed by atoms with van der Waals surface area (Å²) in [6.07, 6.45) is 0. The molecule has 0 aromatic carbocycles. The minimum Gasteiger partial charge on any atom is -0.482 e. The summed E-state index contributed by atoms with van der Waals surface area (Å²) in [5.74, 6) is 0.235. The van der Waals surface area contributed by atoms with Crippen molar-refractivity contribution in [1.29, 1.82) is 0 Å². The molecule has 1 aromatic rings. The van der Waals surface area contributed by atoms with Crippen LogP contribution in [0.1, 0.15) is 32.2 Å². The summed E-state index contributed by atoms with van der Waals surface area (Å²) in [6, 6.07) is 3.48. The van der Waals surface area contributed by atoms with Crippen LogP contribution in [0.3, 0.4) is 0 Å². The Labute approximate surface area is 107 Å². The molecule has 0 fully saturated rings. The van der Waals surface area contributed by atoms with Crippen LogP contribution in [-0.2, 0) is 11.4 Å². The maximum absolute atomic E-state index is 11.6. The highest BCUT2D eigenvalue weighted by Crippen LogP contribution is 2.16. The van der Waals surface area contributed by atoms with Crippen molar-refractivity contribution in [2.24, 2.45) is 0 Å². The van der Waals surface area contributed by atoms with Gasteiger partial charge in [-0.3, -0.25) is 9.78 Å². The Hall–Kier alpha value is -1.62. The van der Waals surface area contributed by atoms with Gasteiger partial charge < -0.3 is 15.2 Å². The number of hydrogen-bond acceptors (Lipinski definition) is 4. The highest BCUT2D eigenvalue weighted by atomic mass is 16.5. The number of carbonyl (C=O) groups excluding carboxylic acids is 1. The van der Waals surface area contributed by atoms with Crippen LogP contribution in [0, 0.1) is 6.92 Å². The lowest BCUT2D eigenvalue weighted by Crippen LogP contribution is -2.43. The predicted molar refractivity (Wildman–Crippen MR) is 68.3 cm³/mol. The second kappa shape index (κ2) is 5.82. The highest BCUT2D eigenvalue weighted by Gasteiger charge is 2.14. The zero-order valence-electron chi connectivity index (χ0n) is 11.3. The van der Waals surface area contributed by atoms with Crippen molar-refractivity contribution < 1.29 is 14.6 Å². The maximum atomic E-state index is 11.6. The first-order valence-electron chi connectivity index (χ1n) is 5.83. The molecule has 0 saturated heterocycles. The Morgan fingerprint density at radius 2 is 2.11 bits per heavy atom. The lowest BCUT2D eigenvalue weighted by Gasteiger charge is -2.20. The Kier molecular flexibility index (Phi) is 4.67. The van der Waals surface area contributed by atoms with Gasteiger partial charge >= 0.3 is 0 Å². The quantitative estimate of drug-likeness (QED) is 0.844. The molecule has 0 aliphatic rings. The van der Waals surface area contributed by atoms with Crippen molar-refractivity contribution >= 4 is 5.91 Å². The van der Waals surface area contributed by atoms with E-state index in [0.29, 0.717) is 11.4 Å². The molecule has 1 amide bonds. The summed E-state index contributed by atoms with van der Waals surface area (Å²) < 4.78 is 5.36. The van der Waals surface area contributed by atoms with E-state index >= 15 is 0 Å². The van der Waals surface area contributed by atoms with Crippen molar-refractivity contribution in [2.45, 2.75) is 39.8 Å². The van der Waals surface area contributed by atoms with Gasteiger partial charge in [0.15, 0.2) is 6.61 Å². The molecule has 1 heterocycles. The molecule has 0 aliphatic heterocycles. The van der Waals surface area contributed by atoms with Gasteiger partial charge in [-0.15, -0.1) is 0 Å². The fourth-order valence-electron chi connectivity index (χ4n) is 1.44. The van der Waals surface area contributed by atoms with Gasteiger partial charge in [0.1, 0.15) is 11.4 Å². The number of aliphatic hydroxyl groups is 1. The molecule has 0 saturated carbocycles. The number of rotatable bonds is 4. The lowest BCUT2D eigenvalue weighted by atomic mass is 10.1. The molecule has 0 radical (unpaired) electrons. The molecule has 2 N–H and O–H groups in total. The first kappa shape index (κ1) is 14.4. The third kappa shape index (κ3) is 4.71. The predicted octanol–water partition coefficient (Wildman–Crippen LogP) is 1.18. The van der Waals surface area contributed by atoms with Gasteiger partial charge in [0.2, 0.25) is 0 Å². The van der Waals surface area contributed by atoms with Gasteiger partial charge in [-0.05, 0) is 39.8 Å². The van der Waals surface area contributed by atoms with Gasteiger partial charge in [-0.1, -0.05) is 0 Å². The number of nitrogens with zero attached hydrogens (tertiary/aromatic N) is 1. The van der Waals surface area contributed by atoms with Crippen LogP contribution >= 0.6 is 0 Å². The van der Waals surface area contributed by atoms with E-state index in [9.17, 15) is 4.79 Å². The zero-order chi connectivity index (χ0) is 13.8. The van der Waals surface area contributed by atoms with Gasteiger partial charge in [0, 0.05) is 11.2 Å². The molecule has 0 atom stereocenters. The minimum absolute atomic E-state index is 0.0883. The molecular formula is C13H20N2O3. The summed E-state index contributed by atoms with van der Waals surface area (Å²) in [5.41, 5.74) is 0.954. The molecule has 0 bridgehead atoms. The summed E-state index contributed by atoms with van der Waals surface area (Å²) in [6.45, 7) is 7.23. The van der Waals surface area contributed by atoms with Gasteiger partial charge in [-0.25, -0.2) is 0 Å². The number of pyridine rings is 1. The molecular weight excluding hydrogens is 232 g/mol. The van der Waals surface area contributed by atoms with E-state index < -0.39 is 0 Å². The first-order valence-corrected chi connectivity index (χ1v) is 5.83. The smallest absolute Gasteiger partial charge is 0.258 e. The Balaban J connectivity index is 2.61. The van der Waals surface area contributed by atoms with Gasteiger partial charge in [0.25, 0.3) is 5.91 Å². The molecule has 5 heteroatoms. The van der Waals surface area contributed by atoms with Crippen LogP contribution in [0.15, 0.2) is 12.1 Å². The number of amides is 1. The molecule has 0 aliphatic carbocycles. The minimum atomic E-state index is -0.286. The SMILES string of the molecule is Cc1ccc(OCC(=O)NC(C)(C)C)c(CO)n1. The summed E-state index contributed by atoms with van der Waals surface area (Å²) in [7, 11) is 0. The second-order valence-corrected chi connectivity index (χ2v) is 5.14. The van der Waals surface area contributed by atoms with Crippen LogP contribution < -0.4 is 10.1 Å². The monoisotopic (exact) mass is 252 g/mol. The van der Waals surface area contributed by atoms with E-state index in [1.54, 1.807) is 12.1 Å². The number of nitrogens with one attached hydrogen (secondary N) is 1. The number of carbonyl (C=O) groups is 1. The molecule has 5 nitrogen and oxygen atoms in total. The van der Waals surface area contributed by atoms with E-state index in [2.05, 4.69) is 10.3 Å². The second-order valence-electron chi connectivity index (χ2n) is 5.14. The van der Waals surface area contributed by atoms with Crippen LogP contribution in [-0.4, -0.2) is 28.1 Å². The first-order chi connectivity index (χ1) is 8.31. The molecule has 0 unspecified atom stereocenters. The third-order valence-corrected chi connectivity index (χ3v) is 2.09. The van der Waals surface area contributed by atoms with Gasteiger partial charge in [-0.2, -0.15) is 0 Å². The average molecular weight is 252 g/mol.